The standard InChI is InChI=1S/C15H22BrN3O/c1-17-14(18-11-15(20)8-3-9-15)19(2)10-12-4-6-13(16)7-5-12/h4-7,20H,3,8-11H2,1-2H3,(H,17,18). The zero-order chi connectivity index (χ0) is 14.6. The van der Waals surface area contributed by atoms with E-state index in [0.717, 1.165) is 36.2 Å². The van der Waals surface area contributed by atoms with Crippen LogP contribution in [0.3, 0.4) is 0 Å². The smallest absolute Gasteiger partial charge is 0.193 e. The van der Waals surface area contributed by atoms with E-state index >= 15 is 0 Å². The first kappa shape index (κ1) is 15.3. The van der Waals surface area contributed by atoms with Crippen LogP contribution in [-0.2, 0) is 6.54 Å². The Balaban J connectivity index is 1.88. The molecule has 2 N–H and O–H groups in total. The molecule has 20 heavy (non-hydrogen) atoms. The van der Waals surface area contributed by atoms with Crippen molar-refractivity contribution in [2.75, 3.05) is 20.6 Å². The van der Waals surface area contributed by atoms with Crippen molar-refractivity contribution >= 4 is 21.9 Å². The van der Waals surface area contributed by atoms with Gasteiger partial charge >= 0.3 is 0 Å². The Hall–Kier alpha value is -1.07. The third-order valence-corrected chi connectivity index (χ3v) is 4.29. The predicted octanol–water partition coefficient (Wildman–Crippen LogP) is 2.37. The highest BCUT2D eigenvalue weighted by molar-refractivity contribution is 9.10. The van der Waals surface area contributed by atoms with E-state index < -0.39 is 5.60 Å². The molecule has 1 aromatic carbocycles. The van der Waals surface area contributed by atoms with Gasteiger partial charge in [-0.25, -0.2) is 0 Å². The van der Waals surface area contributed by atoms with E-state index in [1.165, 1.54) is 5.56 Å². The van der Waals surface area contributed by atoms with E-state index in [1.54, 1.807) is 7.05 Å². The first-order chi connectivity index (χ1) is 9.52. The number of nitrogens with one attached hydrogen (secondary N) is 1. The molecule has 0 unspecified atom stereocenters. The summed E-state index contributed by atoms with van der Waals surface area (Å²) in [6.07, 6.45) is 2.88. The average molecular weight is 340 g/mol. The van der Waals surface area contributed by atoms with Gasteiger partial charge < -0.3 is 15.3 Å². The van der Waals surface area contributed by atoms with Crippen molar-refractivity contribution in [2.24, 2.45) is 4.99 Å². The summed E-state index contributed by atoms with van der Waals surface area (Å²) >= 11 is 3.44. The highest BCUT2D eigenvalue weighted by Gasteiger charge is 2.34. The Morgan fingerprint density at radius 3 is 2.55 bits per heavy atom. The molecule has 0 bridgehead atoms. The zero-order valence-electron chi connectivity index (χ0n) is 12.1. The van der Waals surface area contributed by atoms with Crippen molar-refractivity contribution in [1.82, 2.24) is 10.2 Å². The molecule has 1 aromatic rings. The van der Waals surface area contributed by atoms with Gasteiger partial charge in [-0.2, -0.15) is 0 Å². The molecule has 1 fully saturated rings. The second kappa shape index (κ2) is 6.59. The normalized spacial score (nSPS) is 17.5. The fourth-order valence-electron chi connectivity index (χ4n) is 2.33. The zero-order valence-corrected chi connectivity index (χ0v) is 13.7. The molecule has 110 valence electrons. The molecular weight excluding hydrogens is 318 g/mol. The molecule has 0 radical (unpaired) electrons. The second-order valence-electron chi connectivity index (χ2n) is 5.46. The van der Waals surface area contributed by atoms with Crippen LogP contribution in [0.15, 0.2) is 33.7 Å². The Bertz CT molecular complexity index is 469. The number of rotatable bonds is 4. The number of nitrogens with zero attached hydrogens (tertiary/aromatic N) is 2. The summed E-state index contributed by atoms with van der Waals surface area (Å²) in [5.74, 6) is 0.813. The van der Waals surface area contributed by atoms with Crippen LogP contribution in [-0.4, -0.2) is 42.2 Å². The molecule has 1 aliphatic carbocycles. The van der Waals surface area contributed by atoms with Crippen LogP contribution in [0.1, 0.15) is 24.8 Å². The van der Waals surface area contributed by atoms with Crippen LogP contribution >= 0.6 is 15.9 Å². The van der Waals surface area contributed by atoms with E-state index in [-0.39, 0.29) is 0 Å². The van der Waals surface area contributed by atoms with Crippen molar-refractivity contribution in [3.8, 4) is 0 Å². The lowest BCUT2D eigenvalue weighted by molar-refractivity contribution is -0.0282. The number of aliphatic hydroxyl groups is 1. The van der Waals surface area contributed by atoms with E-state index in [2.05, 4.69) is 43.3 Å². The number of hydrogen-bond donors (Lipinski definition) is 2. The summed E-state index contributed by atoms with van der Waals surface area (Å²) in [4.78, 5) is 6.34. The molecule has 0 amide bonds. The van der Waals surface area contributed by atoms with Crippen molar-refractivity contribution in [3.63, 3.8) is 0 Å². The number of halogens is 1. The second-order valence-corrected chi connectivity index (χ2v) is 6.38. The molecule has 2 rings (SSSR count). The topological polar surface area (TPSA) is 47.9 Å². The lowest BCUT2D eigenvalue weighted by Crippen LogP contribution is -2.50. The Morgan fingerprint density at radius 1 is 1.40 bits per heavy atom. The van der Waals surface area contributed by atoms with Gasteiger partial charge in [0, 0.05) is 31.7 Å². The van der Waals surface area contributed by atoms with Gasteiger partial charge in [0.2, 0.25) is 0 Å². The van der Waals surface area contributed by atoms with E-state index in [1.807, 2.05) is 19.2 Å². The molecule has 0 heterocycles. The lowest BCUT2D eigenvalue weighted by Gasteiger charge is -2.37. The molecule has 4 nitrogen and oxygen atoms in total. The summed E-state index contributed by atoms with van der Waals surface area (Å²) < 4.78 is 1.08. The quantitative estimate of drug-likeness (QED) is 0.654. The molecule has 0 saturated heterocycles. The van der Waals surface area contributed by atoms with Crippen molar-refractivity contribution < 1.29 is 5.11 Å². The van der Waals surface area contributed by atoms with E-state index in [4.69, 9.17) is 0 Å². The Kier molecular flexibility index (Phi) is 5.05. The number of guanidine groups is 1. The van der Waals surface area contributed by atoms with Crippen LogP contribution in [0.2, 0.25) is 0 Å². The molecule has 1 aliphatic rings. The van der Waals surface area contributed by atoms with Crippen molar-refractivity contribution in [3.05, 3.63) is 34.3 Å². The van der Waals surface area contributed by atoms with Gasteiger partial charge in [-0.1, -0.05) is 28.1 Å². The molecule has 0 aromatic heterocycles. The maximum Gasteiger partial charge on any atom is 0.193 e. The summed E-state index contributed by atoms with van der Waals surface area (Å²) in [7, 11) is 3.77. The van der Waals surface area contributed by atoms with Gasteiger partial charge in [-0.15, -0.1) is 0 Å². The Morgan fingerprint density at radius 2 is 2.05 bits per heavy atom. The van der Waals surface area contributed by atoms with Crippen LogP contribution < -0.4 is 5.32 Å². The fraction of sp³-hybridized carbons (Fsp3) is 0.533. The van der Waals surface area contributed by atoms with E-state index in [0.29, 0.717) is 6.54 Å². The van der Waals surface area contributed by atoms with Crippen LogP contribution in [0.25, 0.3) is 0 Å². The highest BCUT2D eigenvalue weighted by atomic mass is 79.9. The van der Waals surface area contributed by atoms with Gasteiger partial charge in [0.15, 0.2) is 5.96 Å². The summed E-state index contributed by atoms with van der Waals surface area (Å²) in [5.41, 5.74) is 0.690. The van der Waals surface area contributed by atoms with Gasteiger partial charge in [0.25, 0.3) is 0 Å². The third kappa shape index (κ3) is 3.96. The van der Waals surface area contributed by atoms with Gasteiger partial charge in [0.05, 0.1) is 5.60 Å². The third-order valence-electron chi connectivity index (χ3n) is 3.77. The minimum atomic E-state index is -0.533. The first-order valence-corrected chi connectivity index (χ1v) is 7.70. The SMILES string of the molecule is CN=C(NCC1(O)CCC1)N(C)Cc1ccc(Br)cc1. The minimum Gasteiger partial charge on any atom is -0.388 e. The fourth-order valence-corrected chi connectivity index (χ4v) is 2.59. The monoisotopic (exact) mass is 339 g/mol. The molecule has 0 aliphatic heterocycles. The highest BCUT2D eigenvalue weighted by Crippen LogP contribution is 2.30. The predicted molar refractivity (Wildman–Crippen MR) is 85.8 cm³/mol. The van der Waals surface area contributed by atoms with Gasteiger partial charge in [-0.05, 0) is 37.0 Å². The molecular formula is C15H22BrN3O. The van der Waals surface area contributed by atoms with Crippen molar-refractivity contribution in [1.29, 1.82) is 0 Å². The Labute approximate surface area is 129 Å². The van der Waals surface area contributed by atoms with Gasteiger partial charge in [0.1, 0.15) is 0 Å². The van der Waals surface area contributed by atoms with Gasteiger partial charge in [-0.3, -0.25) is 4.99 Å². The maximum atomic E-state index is 10.1. The summed E-state index contributed by atoms with van der Waals surface area (Å²) in [5, 5.41) is 13.4. The molecule has 1 saturated carbocycles. The summed E-state index contributed by atoms with van der Waals surface area (Å²) in [6, 6.07) is 8.26. The molecule has 0 atom stereocenters. The largest absolute Gasteiger partial charge is 0.388 e. The number of benzene rings is 1. The minimum absolute atomic E-state index is 0.533. The lowest BCUT2D eigenvalue weighted by atomic mass is 9.80. The molecule has 0 spiro atoms. The number of hydrogen-bond acceptors (Lipinski definition) is 2. The molecule has 5 heteroatoms. The average Bonchev–Trinajstić information content (AvgIpc) is 2.40. The first-order valence-electron chi connectivity index (χ1n) is 6.91. The van der Waals surface area contributed by atoms with Crippen molar-refractivity contribution in [2.45, 2.75) is 31.4 Å². The maximum absolute atomic E-state index is 10.1. The van der Waals surface area contributed by atoms with Crippen LogP contribution in [0.4, 0.5) is 0 Å². The van der Waals surface area contributed by atoms with Crippen LogP contribution in [0.5, 0.6) is 0 Å². The number of aliphatic imine (C=N–C) groups is 1. The van der Waals surface area contributed by atoms with Crippen LogP contribution in [0, 0.1) is 0 Å². The summed E-state index contributed by atoms with van der Waals surface area (Å²) in [6.45, 7) is 1.36. The van der Waals surface area contributed by atoms with E-state index in [9.17, 15) is 5.11 Å².